The molecule has 19 heavy (non-hydrogen) atoms. The Labute approximate surface area is 112 Å². The van der Waals surface area contributed by atoms with E-state index in [9.17, 15) is 0 Å². The second kappa shape index (κ2) is 4.57. The molecule has 0 aliphatic carbocycles. The Hall–Kier alpha value is -2.04. The average Bonchev–Trinajstić information content (AvgIpc) is 2.46. The highest BCUT2D eigenvalue weighted by Crippen LogP contribution is 2.38. The van der Waals surface area contributed by atoms with Gasteiger partial charge in [0, 0.05) is 13.1 Å². The number of ether oxygens (including phenoxy) is 2. The standard InChI is InChI=1S/C14H17N3O2/c1-4-9-8-17(2)11-7-15-10-5-6-12(18-3)16-13(10)14(11)19-9/h5-7,9H,4,8H2,1-3H3. The smallest absolute Gasteiger partial charge is 0.213 e. The van der Waals surface area contributed by atoms with Gasteiger partial charge in [0.2, 0.25) is 5.88 Å². The molecule has 0 bridgehead atoms. The molecule has 0 aromatic carbocycles. The molecule has 0 spiro atoms. The minimum absolute atomic E-state index is 0.191. The molecule has 1 unspecified atom stereocenters. The number of likely N-dealkylation sites (N-methyl/N-ethyl adjacent to an activating group) is 1. The number of aromatic nitrogens is 2. The fourth-order valence-corrected chi connectivity index (χ4v) is 2.34. The molecule has 3 rings (SSSR count). The summed E-state index contributed by atoms with van der Waals surface area (Å²) in [4.78, 5) is 11.1. The molecular formula is C14H17N3O2. The van der Waals surface area contributed by atoms with Crippen LogP contribution in [0.1, 0.15) is 13.3 Å². The van der Waals surface area contributed by atoms with Crippen LogP contribution in [0.25, 0.3) is 11.0 Å². The molecule has 1 aliphatic heterocycles. The maximum Gasteiger partial charge on any atom is 0.213 e. The predicted molar refractivity (Wildman–Crippen MR) is 74.1 cm³/mol. The van der Waals surface area contributed by atoms with E-state index in [1.54, 1.807) is 7.11 Å². The average molecular weight is 259 g/mol. The summed E-state index contributed by atoms with van der Waals surface area (Å²) in [5.41, 5.74) is 2.57. The predicted octanol–water partition coefficient (Wildman–Crippen LogP) is 2.25. The van der Waals surface area contributed by atoms with E-state index in [1.807, 2.05) is 18.3 Å². The van der Waals surface area contributed by atoms with Gasteiger partial charge in [0.05, 0.1) is 25.4 Å². The van der Waals surface area contributed by atoms with Crippen LogP contribution in [-0.2, 0) is 0 Å². The molecule has 2 aromatic heterocycles. The molecule has 0 N–H and O–H groups in total. The van der Waals surface area contributed by atoms with E-state index in [2.05, 4.69) is 28.8 Å². The Kier molecular flexibility index (Phi) is 2.89. The van der Waals surface area contributed by atoms with Crippen molar-refractivity contribution in [3.8, 4) is 11.6 Å². The van der Waals surface area contributed by atoms with E-state index in [-0.39, 0.29) is 6.10 Å². The summed E-state index contributed by atoms with van der Waals surface area (Å²) in [5.74, 6) is 1.39. The zero-order valence-electron chi connectivity index (χ0n) is 11.4. The fourth-order valence-electron chi connectivity index (χ4n) is 2.34. The van der Waals surface area contributed by atoms with E-state index in [0.717, 1.165) is 35.4 Å². The lowest BCUT2D eigenvalue weighted by Crippen LogP contribution is -2.37. The highest BCUT2D eigenvalue weighted by molar-refractivity contribution is 5.87. The van der Waals surface area contributed by atoms with Gasteiger partial charge in [-0.1, -0.05) is 6.92 Å². The molecule has 0 amide bonds. The van der Waals surface area contributed by atoms with Gasteiger partial charge in [-0.05, 0) is 12.5 Å². The molecule has 2 aromatic rings. The van der Waals surface area contributed by atoms with Gasteiger partial charge in [0.1, 0.15) is 17.3 Å². The van der Waals surface area contributed by atoms with Crippen molar-refractivity contribution in [2.45, 2.75) is 19.4 Å². The second-order valence-electron chi connectivity index (χ2n) is 4.72. The zero-order valence-corrected chi connectivity index (χ0v) is 11.4. The Morgan fingerprint density at radius 3 is 3.05 bits per heavy atom. The minimum Gasteiger partial charge on any atom is -0.484 e. The largest absolute Gasteiger partial charge is 0.484 e. The summed E-state index contributed by atoms with van der Waals surface area (Å²) in [6.07, 6.45) is 3.01. The van der Waals surface area contributed by atoms with Gasteiger partial charge in [-0.15, -0.1) is 0 Å². The van der Waals surface area contributed by atoms with Gasteiger partial charge in [-0.2, -0.15) is 0 Å². The Bertz CT molecular complexity index is 615. The van der Waals surface area contributed by atoms with Crippen molar-refractivity contribution < 1.29 is 9.47 Å². The first-order chi connectivity index (χ1) is 9.22. The van der Waals surface area contributed by atoms with E-state index >= 15 is 0 Å². The number of hydrogen-bond acceptors (Lipinski definition) is 5. The van der Waals surface area contributed by atoms with E-state index in [1.165, 1.54) is 0 Å². The van der Waals surface area contributed by atoms with E-state index in [4.69, 9.17) is 9.47 Å². The fraction of sp³-hybridized carbons (Fsp3) is 0.429. The minimum atomic E-state index is 0.191. The van der Waals surface area contributed by atoms with Crippen molar-refractivity contribution in [2.75, 3.05) is 25.6 Å². The number of nitrogens with zero attached hydrogens (tertiary/aromatic N) is 3. The van der Waals surface area contributed by atoms with Crippen LogP contribution >= 0.6 is 0 Å². The molecule has 1 atom stereocenters. The first kappa shape index (κ1) is 12.0. The van der Waals surface area contributed by atoms with Gasteiger partial charge in [0.15, 0.2) is 5.75 Å². The molecule has 3 heterocycles. The molecule has 100 valence electrons. The third-order valence-electron chi connectivity index (χ3n) is 3.46. The number of pyridine rings is 2. The van der Waals surface area contributed by atoms with Crippen molar-refractivity contribution in [3.05, 3.63) is 18.3 Å². The van der Waals surface area contributed by atoms with Crippen LogP contribution in [0.2, 0.25) is 0 Å². The third-order valence-corrected chi connectivity index (χ3v) is 3.46. The summed E-state index contributed by atoms with van der Waals surface area (Å²) in [6.45, 7) is 3.00. The number of rotatable bonds is 2. The Morgan fingerprint density at radius 1 is 1.47 bits per heavy atom. The van der Waals surface area contributed by atoms with Crippen LogP contribution in [0.15, 0.2) is 18.3 Å². The molecule has 1 aliphatic rings. The van der Waals surface area contributed by atoms with Crippen LogP contribution in [0, 0.1) is 0 Å². The molecule has 0 fully saturated rings. The summed E-state index contributed by atoms with van der Waals surface area (Å²) in [6, 6.07) is 3.71. The van der Waals surface area contributed by atoms with Crippen LogP contribution < -0.4 is 14.4 Å². The normalized spacial score (nSPS) is 18.1. The lowest BCUT2D eigenvalue weighted by atomic mass is 10.1. The van der Waals surface area contributed by atoms with Crippen LogP contribution in [-0.4, -0.2) is 36.8 Å². The lowest BCUT2D eigenvalue weighted by molar-refractivity contribution is 0.194. The van der Waals surface area contributed by atoms with Crippen LogP contribution in [0.4, 0.5) is 5.69 Å². The summed E-state index contributed by atoms with van der Waals surface area (Å²) >= 11 is 0. The van der Waals surface area contributed by atoms with Crippen LogP contribution in [0.3, 0.4) is 0 Å². The van der Waals surface area contributed by atoms with Crippen molar-refractivity contribution in [1.29, 1.82) is 0 Å². The van der Waals surface area contributed by atoms with Gasteiger partial charge < -0.3 is 14.4 Å². The lowest BCUT2D eigenvalue weighted by Gasteiger charge is -2.33. The van der Waals surface area contributed by atoms with E-state index < -0.39 is 0 Å². The Morgan fingerprint density at radius 2 is 2.32 bits per heavy atom. The van der Waals surface area contributed by atoms with Gasteiger partial charge in [0.25, 0.3) is 0 Å². The molecule has 5 nitrogen and oxygen atoms in total. The number of hydrogen-bond donors (Lipinski definition) is 0. The quantitative estimate of drug-likeness (QED) is 0.827. The number of anilines is 1. The third kappa shape index (κ3) is 1.95. The van der Waals surface area contributed by atoms with Gasteiger partial charge in [-0.25, -0.2) is 4.98 Å². The first-order valence-electron chi connectivity index (χ1n) is 6.44. The molecular weight excluding hydrogens is 242 g/mol. The highest BCUT2D eigenvalue weighted by atomic mass is 16.5. The Balaban J connectivity index is 2.20. The zero-order chi connectivity index (χ0) is 13.4. The van der Waals surface area contributed by atoms with Gasteiger partial charge in [-0.3, -0.25) is 4.98 Å². The number of fused-ring (bicyclic) bond motifs is 3. The maximum absolute atomic E-state index is 6.06. The second-order valence-corrected chi connectivity index (χ2v) is 4.72. The highest BCUT2D eigenvalue weighted by Gasteiger charge is 2.25. The summed E-state index contributed by atoms with van der Waals surface area (Å²) < 4.78 is 11.2. The molecule has 0 saturated carbocycles. The maximum atomic E-state index is 6.06. The number of methoxy groups -OCH3 is 1. The first-order valence-corrected chi connectivity index (χ1v) is 6.44. The SMILES string of the molecule is CCC1CN(C)c2cnc3ccc(OC)nc3c2O1. The molecule has 0 saturated heterocycles. The van der Waals surface area contributed by atoms with Gasteiger partial charge >= 0.3 is 0 Å². The summed E-state index contributed by atoms with van der Waals surface area (Å²) in [5, 5.41) is 0. The van der Waals surface area contributed by atoms with E-state index in [0.29, 0.717) is 5.88 Å². The summed E-state index contributed by atoms with van der Waals surface area (Å²) in [7, 11) is 3.66. The van der Waals surface area contributed by atoms with Crippen molar-refractivity contribution in [1.82, 2.24) is 9.97 Å². The topological polar surface area (TPSA) is 47.5 Å². The monoisotopic (exact) mass is 259 g/mol. The van der Waals surface area contributed by atoms with Crippen molar-refractivity contribution in [2.24, 2.45) is 0 Å². The van der Waals surface area contributed by atoms with Crippen LogP contribution in [0.5, 0.6) is 11.6 Å². The molecule has 5 heteroatoms. The van der Waals surface area contributed by atoms with Crippen molar-refractivity contribution >= 4 is 16.7 Å². The molecule has 0 radical (unpaired) electrons. The van der Waals surface area contributed by atoms with Crippen molar-refractivity contribution in [3.63, 3.8) is 0 Å².